The fourth-order valence-corrected chi connectivity index (χ4v) is 3.30. The predicted octanol–water partition coefficient (Wildman–Crippen LogP) is 3.52. The lowest BCUT2D eigenvalue weighted by molar-refractivity contribution is -0.124. The van der Waals surface area contributed by atoms with Crippen molar-refractivity contribution in [2.45, 2.75) is 19.3 Å². The van der Waals surface area contributed by atoms with Crippen LogP contribution in [0.25, 0.3) is 0 Å². The summed E-state index contributed by atoms with van der Waals surface area (Å²) in [6, 6.07) is 16.6. The van der Waals surface area contributed by atoms with E-state index in [0.717, 1.165) is 23.7 Å². The van der Waals surface area contributed by atoms with Gasteiger partial charge in [0.2, 0.25) is 5.91 Å². The summed E-state index contributed by atoms with van der Waals surface area (Å²) >= 11 is 3.49. The van der Waals surface area contributed by atoms with Gasteiger partial charge in [0.1, 0.15) is 0 Å². The number of hydrogen-bond donors (Lipinski definition) is 1. The number of halogens is 1. The molecular formula is C18H18BrNO. The lowest BCUT2D eigenvalue weighted by atomic mass is 10.1. The third-order valence-corrected chi connectivity index (χ3v) is 4.52. The standard InChI is InChI=1S/C18H18BrNO/c19-17-7-6-14-10-16(11-15(14)12-17)18(21)20-9-8-13-4-2-1-3-5-13/h1-7,12,16H,8-11H2,(H,20,21). The highest BCUT2D eigenvalue weighted by molar-refractivity contribution is 9.10. The average Bonchev–Trinajstić information content (AvgIpc) is 2.91. The second-order valence-electron chi connectivity index (χ2n) is 5.54. The molecular weight excluding hydrogens is 326 g/mol. The summed E-state index contributed by atoms with van der Waals surface area (Å²) in [5.74, 6) is 0.267. The van der Waals surface area contributed by atoms with Gasteiger partial charge in [-0.2, -0.15) is 0 Å². The second kappa shape index (κ2) is 6.44. The molecule has 1 amide bonds. The van der Waals surface area contributed by atoms with Gasteiger partial charge in [-0.1, -0.05) is 52.3 Å². The number of carbonyl (C=O) groups is 1. The Hall–Kier alpha value is -1.61. The van der Waals surface area contributed by atoms with Crippen molar-refractivity contribution in [2.75, 3.05) is 6.54 Å². The van der Waals surface area contributed by atoms with Crippen LogP contribution in [0.5, 0.6) is 0 Å². The van der Waals surface area contributed by atoms with E-state index < -0.39 is 0 Å². The molecule has 1 atom stereocenters. The van der Waals surface area contributed by atoms with E-state index in [9.17, 15) is 4.79 Å². The van der Waals surface area contributed by atoms with E-state index in [4.69, 9.17) is 0 Å². The number of benzene rings is 2. The van der Waals surface area contributed by atoms with Crippen LogP contribution in [0.4, 0.5) is 0 Å². The Balaban J connectivity index is 1.51. The smallest absolute Gasteiger partial charge is 0.223 e. The molecule has 1 unspecified atom stereocenters. The minimum atomic E-state index is 0.0880. The summed E-state index contributed by atoms with van der Waals surface area (Å²) in [5, 5.41) is 3.07. The monoisotopic (exact) mass is 343 g/mol. The molecule has 2 aromatic rings. The van der Waals surface area contributed by atoms with E-state index in [1.54, 1.807) is 0 Å². The highest BCUT2D eigenvalue weighted by Gasteiger charge is 2.27. The zero-order chi connectivity index (χ0) is 14.7. The van der Waals surface area contributed by atoms with Crippen LogP contribution in [0, 0.1) is 5.92 Å². The molecule has 1 aliphatic rings. The van der Waals surface area contributed by atoms with Gasteiger partial charge >= 0.3 is 0 Å². The van der Waals surface area contributed by atoms with Crippen molar-refractivity contribution in [3.05, 3.63) is 69.7 Å². The predicted molar refractivity (Wildman–Crippen MR) is 88.2 cm³/mol. The van der Waals surface area contributed by atoms with E-state index in [1.165, 1.54) is 16.7 Å². The van der Waals surface area contributed by atoms with Crippen molar-refractivity contribution in [1.29, 1.82) is 0 Å². The van der Waals surface area contributed by atoms with Crippen molar-refractivity contribution in [2.24, 2.45) is 5.92 Å². The van der Waals surface area contributed by atoms with Crippen molar-refractivity contribution >= 4 is 21.8 Å². The molecule has 0 heterocycles. The van der Waals surface area contributed by atoms with Crippen LogP contribution >= 0.6 is 15.9 Å². The first kappa shape index (κ1) is 14.3. The number of fused-ring (bicyclic) bond motifs is 1. The van der Waals surface area contributed by atoms with Crippen LogP contribution in [0.15, 0.2) is 53.0 Å². The molecule has 1 aliphatic carbocycles. The first-order chi connectivity index (χ1) is 10.2. The maximum Gasteiger partial charge on any atom is 0.223 e. The molecule has 108 valence electrons. The zero-order valence-electron chi connectivity index (χ0n) is 11.8. The van der Waals surface area contributed by atoms with Gasteiger partial charge < -0.3 is 5.32 Å². The number of amides is 1. The third kappa shape index (κ3) is 3.53. The van der Waals surface area contributed by atoms with Crippen LogP contribution in [-0.4, -0.2) is 12.5 Å². The highest BCUT2D eigenvalue weighted by Crippen LogP contribution is 2.29. The Kier molecular flexibility index (Phi) is 4.39. The van der Waals surface area contributed by atoms with Crippen LogP contribution < -0.4 is 5.32 Å². The van der Waals surface area contributed by atoms with Gasteiger partial charge in [-0.15, -0.1) is 0 Å². The van der Waals surface area contributed by atoms with E-state index >= 15 is 0 Å². The molecule has 0 radical (unpaired) electrons. The first-order valence-electron chi connectivity index (χ1n) is 7.31. The Morgan fingerprint density at radius 2 is 1.86 bits per heavy atom. The van der Waals surface area contributed by atoms with Crippen LogP contribution in [0.3, 0.4) is 0 Å². The second-order valence-corrected chi connectivity index (χ2v) is 6.46. The Labute approximate surface area is 133 Å². The number of hydrogen-bond acceptors (Lipinski definition) is 1. The topological polar surface area (TPSA) is 29.1 Å². The lowest BCUT2D eigenvalue weighted by Crippen LogP contribution is -2.32. The quantitative estimate of drug-likeness (QED) is 0.903. The Morgan fingerprint density at radius 1 is 1.10 bits per heavy atom. The van der Waals surface area contributed by atoms with Crippen LogP contribution in [0.1, 0.15) is 16.7 Å². The summed E-state index contributed by atoms with van der Waals surface area (Å²) in [5.41, 5.74) is 3.87. The van der Waals surface area contributed by atoms with Crippen molar-refractivity contribution < 1.29 is 4.79 Å². The van der Waals surface area contributed by atoms with Gasteiger partial charge in [0.25, 0.3) is 0 Å². The fraction of sp³-hybridized carbons (Fsp3) is 0.278. The summed E-state index contributed by atoms with van der Waals surface area (Å²) in [6.45, 7) is 0.708. The molecule has 0 aromatic heterocycles. The molecule has 0 fully saturated rings. The zero-order valence-corrected chi connectivity index (χ0v) is 13.4. The van der Waals surface area contributed by atoms with Gasteiger partial charge in [-0.3, -0.25) is 4.79 Å². The minimum absolute atomic E-state index is 0.0880. The highest BCUT2D eigenvalue weighted by atomic mass is 79.9. The largest absolute Gasteiger partial charge is 0.356 e. The summed E-state index contributed by atoms with van der Waals surface area (Å²) in [4.78, 5) is 12.3. The third-order valence-electron chi connectivity index (χ3n) is 4.03. The molecule has 0 aliphatic heterocycles. The fourth-order valence-electron chi connectivity index (χ4n) is 2.89. The van der Waals surface area contributed by atoms with Crippen molar-refractivity contribution in [1.82, 2.24) is 5.32 Å². The van der Waals surface area contributed by atoms with E-state index in [1.807, 2.05) is 18.2 Å². The maximum absolute atomic E-state index is 12.3. The number of rotatable bonds is 4. The molecule has 0 bridgehead atoms. The molecule has 1 N–H and O–H groups in total. The van der Waals surface area contributed by atoms with Crippen molar-refractivity contribution in [3.8, 4) is 0 Å². The van der Waals surface area contributed by atoms with Gasteiger partial charge in [0, 0.05) is 16.9 Å². The molecule has 3 rings (SSSR count). The maximum atomic E-state index is 12.3. The molecule has 0 spiro atoms. The van der Waals surface area contributed by atoms with Gasteiger partial charge in [-0.25, -0.2) is 0 Å². The van der Waals surface area contributed by atoms with Crippen LogP contribution in [-0.2, 0) is 24.1 Å². The Bertz CT molecular complexity index is 639. The SMILES string of the molecule is O=C(NCCc1ccccc1)C1Cc2ccc(Br)cc2C1. The minimum Gasteiger partial charge on any atom is -0.356 e. The summed E-state index contributed by atoms with van der Waals surface area (Å²) < 4.78 is 1.09. The molecule has 21 heavy (non-hydrogen) atoms. The van der Waals surface area contributed by atoms with Gasteiger partial charge in [-0.05, 0) is 48.1 Å². The number of nitrogens with one attached hydrogen (secondary N) is 1. The van der Waals surface area contributed by atoms with E-state index in [0.29, 0.717) is 6.54 Å². The molecule has 2 nitrogen and oxygen atoms in total. The summed E-state index contributed by atoms with van der Waals surface area (Å²) in [6.07, 6.45) is 2.60. The van der Waals surface area contributed by atoms with Gasteiger partial charge in [0.15, 0.2) is 0 Å². The van der Waals surface area contributed by atoms with E-state index in [2.05, 4.69) is 51.6 Å². The molecule has 3 heteroatoms. The van der Waals surface area contributed by atoms with E-state index in [-0.39, 0.29) is 11.8 Å². The number of carbonyl (C=O) groups excluding carboxylic acids is 1. The normalized spacial score (nSPS) is 16.5. The van der Waals surface area contributed by atoms with Crippen LogP contribution in [0.2, 0.25) is 0 Å². The first-order valence-corrected chi connectivity index (χ1v) is 8.10. The molecule has 0 saturated heterocycles. The van der Waals surface area contributed by atoms with Gasteiger partial charge in [0.05, 0.1) is 0 Å². The Morgan fingerprint density at radius 3 is 2.67 bits per heavy atom. The molecule has 0 saturated carbocycles. The summed E-state index contributed by atoms with van der Waals surface area (Å²) in [7, 11) is 0. The average molecular weight is 344 g/mol. The lowest BCUT2D eigenvalue weighted by Gasteiger charge is -2.10. The van der Waals surface area contributed by atoms with Crippen molar-refractivity contribution in [3.63, 3.8) is 0 Å². The molecule has 2 aromatic carbocycles.